The maximum absolute atomic E-state index is 13.2. The Morgan fingerprint density at radius 3 is 2.39 bits per heavy atom. The van der Waals surface area contributed by atoms with Gasteiger partial charge in [0.25, 0.3) is 11.8 Å². The van der Waals surface area contributed by atoms with Crippen molar-refractivity contribution in [2.45, 2.75) is 33.3 Å². The smallest absolute Gasteiger partial charge is 0.278 e. The average Bonchev–Trinajstić information content (AvgIpc) is 2.94. The zero-order valence-electron chi connectivity index (χ0n) is 18.2. The fourth-order valence-electron chi connectivity index (χ4n) is 3.40. The lowest BCUT2D eigenvalue weighted by atomic mass is 10.0. The Morgan fingerprint density at radius 2 is 1.77 bits per heavy atom. The lowest BCUT2D eigenvalue weighted by molar-refractivity contribution is -0.136. The first-order chi connectivity index (χ1) is 14.8. The van der Waals surface area contributed by atoms with Gasteiger partial charge in [-0.3, -0.25) is 14.5 Å². The number of rotatable bonds is 9. The minimum absolute atomic E-state index is 0.0427. The normalized spacial score (nSPS) is 14.1. The van der Waals surface area contributed by atoms with Crippen LogP contribution < -0.4 is 10.1 Å². The summed E-state index contributed by atoms with van der Waals surface area (Å²) in [6, 6.07) is 12.6. The number of imide groups is 1. The van der Waals surface area contributed by atoms with Crippen molar-refractivity contribution < 1.29 is 19.1 Å². The highest BCUT2D eigenvalue weighted by atomic mass is 35.5. The highest BCUT2D eigenvalue weighted by molar-refractivity contribution is 6.36. The van der Waals surface area contributed by atoms with Crippen LogP contribution in [0.3, 0.4) is 0 Å². The summed E-state index contributed by atoms with van der Waals surface area (Å²) < 4.78 is 10.8. The van der Waals surface area contributed by atoms with Crippen molar-refractivity contribution in [1.82, 2.24) is 4.90 Å². The molecule has 0 saturated heterocycles. The summed E-state index contributed by atoms with van der Waals surface area (Å²) in [5.41, 5.74) is 2.84. The van der Waals surface area contributed by atoms with Crippen LogP contribution in [0.1, 0.15) is 31.4 Å². The molecule has 1 N–H and O–H groups in total. The van der Waals surface area contributed by atoms with Crippen molar-refractivity contribution in [2.24, 2.45) is 0 Å². The fraction of sp³-hybridized carbons (Fsp3) is 0.333. The van der Waals surface area contributed by atoms with Gasteiger partial charge in [-0.2, -0.15) is 0 Å². The van der Waals surface area contributed by atoms with Gasteiger partial charge in [-0.1, -0.05) is 23.7 Å². The molecule has 3 rings (SSSR count). The summed E-state index contributed by atoms with van der Waals surface area (Å²) in [4.78, 5) is 27.7. The molecule has 1 heterocycles. The molecular formula is C24H27ClN2O4. The van der Waals surface area contributed by atoms with E-state index in [4.69, 9.17) is 21.1 Å². The van der Waals surface area contributed by atoms with Crippen LogP contribution in [0.2, 0.25) is 5.02 Å². The van der Waals surface area contributed by atoms with E-state index in [1.54, 1.807) is 49.6 Å². The van der Waals surface area contributed by atoms with Gasteiger partial charge in [0.05, 0.1) is 11.7 Å². The first-order valence-corrected chi connectivity index (χ1v) is 10.6. The van der Waals surface area contributed by atoms with E-state index < -0.39 is 0 Å². The third-order valence-corrected chi connectivity index (χ3v) is 5.10. The summed E-state index contributed by atoms with van der Waals surface area (Å²) in [6.45, 7) is 6.54. The van der Waals surface area contributed by atoms with Crippen LogP contribution >= 0.6 is 11.6 Å². The number of hydrogen-bond acceptors (Lipinski definition) is 5. The molecule has 1 aliphatic rings. The Balaban J connectivity index is 1.99. The second-order valence-electron chi connectivity index (χ2n) is 7.63. The van der Waals surface area contributed by atoms with Crippen LogP contribution in [0.5, 0.6) is 5.75 Å². The van der Waals surface area contributed by atoms with Gasteiger partial charge in [0.2, 0.25) is 0 Å². The van der Waals surface area contributed by atoms with Crippen molar-refractivity contribution >= 4 is 34.7 Å². The number of aryl methyl sites for hydroxylation is 1. The molecular weight excluding hydrogens is 416 g/mol. The molecule has 1 aliphatic heterocycles. The predicted octanol–water partition coefficient (Wildman–Crippen LogP) is 4.66. The second-order valence-corrected chi connectivity index (χ2v) is 8.07. The molecule has 0 unspecified atom stereocenters. The number of benzene rings is 2. The van der Waals surface area contributed by atoms with E-state index in [1.165, 1.54) is 4.90 Å². The molecule has 0 aliphatic carbocycles. The number of nitrogens with zero attached hydrogens (tertiary/aromatic N) is 1. The lowest BCUT2D eigenvalue weighted by Gasteiger charge is -2.15. The van der Waals surface area contributed by atoms with Crippen LogP contribution in [-0.2, 0) is 14.3 Å². The number of hydrogen-bond donors (Lipinski definition) is 1. The van der Waals surface area contributed by atoms with E-state index >= 15 is 0 Å². The van der Waals surface area contributed by atoms with Crippen molar-refractivity contribution in [2.75, 3.05) is 25.6 Å². The van der Waals surface area contributed by atoms with E-state index in [0.29, 0.717) is 34.9 Å². The maximum atomic E-state index is 13.2. The summed E-state index contributed by atoms with van der Waals surface area (Å²) >= 11 is 6.06. The third-order valence-electron chi connectivity index (χ3n) is 4.86. The van der Waals surface area contributed by atoms with E-state index in [0.717, 1.165) is 11.3 Å². The van der Waals surface area contributed by atoms with Crippen LogP contribution in [0.4, 0.5) is 5.69 Å². The van der Waals surface area contributed by atoms with Gasteiger partial charge in [-0.05, 0) is 68.7 Å². The van der Waals surface area contributed by atoms with Crippen LogP contribution in [-0.4, -0.2) is 43.1 Å². The standard InChI is InChI=1S/C24H27ClN2O4/c1-15(2)31-19-9-6-17(7-10-19)21-22(26-20-11-8-18(25)14-16(20)3)24(29)27(23(21)28)12-5-13-30-4/h6-11,14-15,26H,5,12-13H2,1-4H3. The average molecular weight is 443 g/mol. The molecule has 2 aromatic rings. The molecule has 2 aromatic carbocycles. The van der Waals surface area contributed by atoms with E-state index in [1.807, 2.05) is 20.8 Å². The molecule has 0 radical (unpaired) electrons. The Labute approximate surface area is 187 Å². The lowest BCUT2D eigenvalue weighted by Crippen LogP contribution is -2.34. The number of halogens is 1. The molecule has 0 aromatic heterocycles. The predicted molar refractivity (Wildman–Crippen MR) is 122 cm³/mol. The number of carbonyl (C=O) groups is 2. The number of carbonyl (C=O) groups excluding carboxylic acids is 2. The minimum Gasteiger partial charge on any atom is -0.491 e. The molecule has 6 nitrogen and oxygen atoms in total. The van der Waals surface area contributed by atoms with Crippen molar-refractivity contribution in [3.63, 3.8) is 0 Å². The summed E-state index contributed by atoms with van der Waals surface area (Å²) in [6.07, 6.45) is 0.608. The second kappa shape index (κ2) is 9.98. The minimum atomic E-state index is -0.354. The zero-order chi connectivity index (χ0) is 22.5. The first-order valence-electron chi connectivity index (χ1n) is 10.2. The van der Waals surface area contributed by atoms with Crippen molar-refractivity contribution in [3.8, 4) is 5.75 Å². The highest BCUT2D eigenvalue weighted by Gasteiger charge is 2.39. The first kappa shape index (κ1) is 22.8. The van der Waals surface area contributed by atoms with Gasteiger partial charge in [0, 0.05) is 31.0 Å². The SMILES string of the molecule is COCCCN1C(=O)C(Nc2ccc(Cl)cc2C)=C(c2ccc(OC(C)C)cc2)C1=O. The third kappa shape index (κ3) is 5.27. The maximum Gasteiger partial charge on any atom is 0.278 e. The molecule has 0 fully saturated rings. The summed E-state index contributed by atoms with van der Waals surface area (Å²) in [5, 5.41) is 3.78. The van der Waals surface area contributed by atoms with Crippen LogP contribution in [0.15, 0.2) is 48.2 Å². The number of anilines is 1. The molecule has 164 valence electrons. The number of nitrogens with one attached hydrogen (secondary N) is 1. The topological polar surface area (TPSA) is 67.9 Å². The Morgan fingerprint density at radius 1 is 1.06 bits per heavy atom. The van der Waals surface area contributed by atoms with Gasteiger partial charge in [-0.25, -0.2) is 0 Å². The Hall–Kier alpha value is -2.83. The molecule has 0 atom stereocenters. The van der Waals surface area contributed by atoms with Gasteiger partial charge >= 0.3 is 0 Å². The van der Waals surface area contributed by atoms with Crippen LogP contribution in [0.25, 0.3) is 5.57 Å². The number of ether oxygens (including phenoxy) is 2. The molecule has 0 bridgehead atoms. The monoisotopic (exact) mass is 442 g/mol. The van der Waals surface area contributed by atoms with Crippen molar-refractivity contribution in [1.29, 1.82) is 0 Å². The van der Waals surface area contributed by atoms with Gasteiger partial charge in [0.15, 0.2) is 0 Å². The van der Waals surface area contributed by atoms with E-state index in [2.05, 4.69) is 5.32 Å². The van der Waals surface area contributed by atoms with Gasteiger partial charge in [0.1, 0.15) is 11.4 Å². The fourth-order valence-corrected chi connectivity index (χ4v) is 3.63. The Kier molecular flexibility index (Phi) is 7.36. The van der Waals surface area contributed by atoms with Gasteiger partial charge in [-0.15, -0.1) is 0 Å². The number of amides is 2. The molecule has 0 saturated carbocycles. The van der Waals surface area contributed by atoms with Crippen LogP contribution in [0, 0.1) is 6.92 Å². The number of methoxy groups -OCH3 is 1. The molecule has 0 spiro atoms. The zero-order valence-corrected chi connectivity index (χ0v) is 19.0. The molecule has 2 amide bonds. The van der Waals surface area contributed by atoms with E-state index in [-0.39, 0.29) is 30.2 Å². The molecule has 31 heavy (non-hydrogen) atoms. The summed E-state index contributed by atoms with van der Waals surface area (Å²) in [7, 11) is 1.59. The quantitative estimate of drug-likeness (QED) is 0.451. The van der Waals surface area contributed by atoms with Gasteiger partial charge < -0.3 is 14.8 Å². The largest absolute Gasteiger partial charge is 0.491 e. The van der Waals surface area contributed by atoms with Crippen molar-refractivity contribution in [3.05, 3.63) is 64.3 Å². The van der Waals surface area contributed by atoms with E-state index in [9.17, 15) is 9.59 Å². The highest BCUT2D eigenvalue weighted by Crippen LogP contribution is 2.32. The molecule has 7 heteroatoms. The summed E-state index contributed by atoms with van der Waals surface area (Å²) in [5.74, 6) is 0.0248. The Bertz CT molecular complexity index is 999.